The molecule has 1 aliphatic heterocycles. The van der Waals surface area contributed by atoms with Crippen molar-refractivity contribution in [2.75, 3.05) is 20.6 Å². The van der Waals surface area contributed by atoms with Crippen molar-refractivity contribution < 1.29 is 34.2 Å². The molecule has 38 heavy (non-hydrogen) atoms. The van der Waals surface area contributed by atoms with E-state index in [9.17, 15) is 34.2 Å². The number of carbonyl (C=O) groups excluding carboxylic acids is 5. The van der Waals surface area contributed by atoms with Crippen molar-refractivity contribution in [3.8, 4) is 5.75 Å². The highest BCUT2D eigenvalue weighted by molar-refractivity contribution is 6.34. The second kappa shape index (κ2) is 9.22. The van der Waals surface area contributed by atoms with Crippen LogP contribution in [0.1, 0.15) is 47.7 Å². The van der Waals surface area contributed by atoms with Crippen LogP contribution < -0.4 is 5.73 Å². The fourth-order valence-electron chi connectivity index (χ4n) is 7.27. The van der Waals surface area contributed by atoms with Gasteiger partial charge in [-0.3, -0.25) is 33.8 Å². The number of hydrogen-bond donors (Lipinski definition) is 3. The summed E-state index contributed by atoms with van der Waals surface area (Å²) in [6.45, 7) is 3.53. The number of primary amides is 1. The first kappa shape index (κ1) is 26.9. The zero-order valence-electron chi connectivity index (χ0n) is 21.6. The number of halogens is 1. The Bertz CT molecular complexity index is 1280. The van der Waals surface area contributed by atoms with Crippen LogP contribution in [0.5, 0.6) is 5.75 Å². The average molecular weight is 546 g/mol. The molecule has 3 fully saturated rings. The number of nitrogens with two attached hydrogens (primary N) is 1. The van der Waals surface area contributed by atoms with Crippen molar-refractivity contribution in [2.45, 2.75) is 56.8 Å². The third kappa shape index (κ3) is 3.68. The lowest BCUT2D eigenvalue weighted by atomic mass is 9.52. The van der Waals surface area contributed by atoms with Crippen LogP contribution in [0.15, 0.2) is 6.07 Å². The molecule has 4 aliphatic rings. The molecular weight excluding hydrogens is 514 g/mol. The highest BCUT2D eigenvalue weighted by Crippen LogP contribution is 2.51. The largest absolute Gasteiger partial charge is 0.507 e. The molecular formula is C27H32ClN3O7. The van der Waals surface area contributed by atoms with Gasteiger partial charge in [-0.05, 0) is 76.4 Å². The number of phenols is 1. The lowest BCUT2D eigenvalue weighted by Gasteiger charge is -2.52. The van der Waals surface area contributed by atoms with E-state index in [1.807, 2.05) is 0 Å². The quantitative estimate of drug-likeness (QED) is 0.458. The van der Waals surface area contributed by atoms with Gasteiger partial charge >= 0.3 is 0 Å². The van der Waals surface area contributed by atoms with Crippen LogP contribution in [0.4, 0.5) is 0 Å². The van der Waals surface area contributed by atoms with E-state index in [2.05, 4.69) is 11.8 Å². The molecule has 2 saturated carbocycles. The highest BCUT2D eigenvalue weighted by atomic mass is 35.5. The smallest absolute Gasteiger partial charge is 0.235 e. The molecule has 10 nitrogen and oxygen atoms in total. The Morgan fingerprint density at radius 3 is 2.50 bits per heavy atom. The lowest BCUT2D eigenvalue weighted by molar-refractivity contribution is -0.181. The van der Waals surface area contributed by atoms with Crippen molar-refractivity contribution in [2.24, 2.45) is 29.4 Å². The number of carbonyl (C=O) groups is 5. The van der Waals surface area contributed by atoms with Gasteiger partial charge in [-0.2, -0.15) is 0 Å². The minimum Gasteiger partial charge on any atom is -0.507 e. The number of fused-ring (bicyclic) bond motifs is 3. The van der Waals surface area contributed by atoms with Crippen LogP contribution in [0.25, 0.3) is 0 Å². The number of rotatable bonds is 4. The molecule has 5 rings (SSSR count). The predicted molar refractivity (Wildman–Crippen MR) is 135 cm³/mol. The van der Waals surface area contributed by atoms with Gasteiger partial charge in [0.2, 0.25) is 5.91 Å². The number of nitrogens with zero attached hydrogens (tertiary/aromatic N) is 2. The van der Waals surface area contributed by atoms with Crippen molar-refractivity contribution in [1.29, 1.82) is 0 Å². The topological polar surface area (TPSA) is 158 Å². The lowest BCUT2D eigenvalue weighted by Crippen LogP contribution is -2.74. The van der Waals surface area contributed by atoms with Crippen LogP contribution >= 0.6 is 11.6 Å². The Balaban J connectivity index is 1.58. The number of benzene rings is 1. The minimum atomic E-state index is -2.73. The fraction of sp³-hybridized carbons (Fsp3) is 0.593. The van der Waals surface area contributed by atoms with Gasteiger partial charge in [-0.1, -0.05) is 11.6 Å². The number of aromatic hydroxyl groups is 1. The second-order valence-corrected chi connectivity index (χ2v) is 11.9. The number of phenolic OH excluding ortho intramolecular Hbond substituents is 1. The first-order valence-electron chi connectivity index (χ1n) is 12.9. The van der Waals surface area contributed by atoms with Crippen molar-refractivity contribution >= 4 is 40.6 Å². The maximum atomic E-state index is 13.8. The van der Waals surface area contributed by atoms with Gasteiger partial charge < -0.3 is 15.9 Å². The van der Waals surface area contributed by atoms with Gasteiger partial charge in [0.05, 0.1) is 17.5 Å². The summed E-state index contributed by atoms with van der Waals surface area (Å²) in [5.74, 6) is -10.6. The molecule has 1 heterocycles. The Hall–Kier alpha value is -2.66. The molecule has 1 amide bonds. The third-order valence-electron chi connectivity index (χ3n) is 9.13. The second-order valence-electron chi connectivity index (χ2n) is 11.5. The number of hydrogen-bond acceptors (Lipinski definition) is 9. The predicted octanol–water partition coefficient (Wildman–Crippen LogP) is 0.505. The van der Waals surface area contributed by atoms with E-state index in [0.717, 1.165) is 19.4 Å². The molecule has 7 atom stereocenters. The number of amides is 1. The molecule has 0 spiro atoms. The summed E-state index contributed by atoms with van der Waals surface area (Å²) in [5, 5.41) is 22.9. The van der Waals surface area contributed by atoms with E-state index < -0.39 is 64.4 Å². The number of likely N-dealkylation sites (N-methyl/N-ethyl adjacent to an activating group) is 1. The fourth-order valence-corrected chi connectivity index (χ4v) is 7.56. The summed E-state index contributed by atoms with van der Waals surface area (Å²) in [6.07, 6.45) is 2.27. The van der Waals surface area contributed by atoms with E-state index in [1.165, 1.54) is 11.0 Å². The Labute approximate surface area is 225 Å². The zero-order valence-corrected chi connectivity index (χ0v) is 22.3. The van der Waals surface area contributed by atoms with E-state index >= 15 is 0 Å². The van der Waals surface area contributed by atoms with Crippen LogP contribution in [0.3, 0.4) is 0 Å². The molecule has 11 heteroatoms. The molecule has 0 aromatic heterocycles. The van der Waals surface area contributed by atoms with Crippen LogP contribution in [-0.4, -0.2) is 87.4 Å². The van der Waals surface area contributed by atoms with E-state index in [-0.39, 0.29) is 24.2 Å². The number of aliphatic hydroxyl groups is 1. The Morgan fingerprint density at radius 1 is 1.24 bits per heavy atom. The molecule has 1 aromatic carbocycles. The molecule has 204 valence electrons. The molecule has 1 saturated heterocycles. The first-order chi connectivity index (χ1) is 17.8. The van der Waals surface area contributed by atoms with Crippen LogP contribution in [-0.2, 0) is 32.1 Å². The van der Waals surface area contributed by atoms with Gasteiger partial charge in [-0.15, -0.1) is 0 Å². The Kier molecular flexibility index (Phi) is 6.53. The van der Waals surface area contributed by atoms with Gasteiger partial charge in [0, 0.05) is 23.5 Å². The summed E-state index contributed by atoms with van der Waals surface area (Å²) in [4.78, 5) is 69.8. The van der Waals surface area contributed by atoms with Gasteiger partial charge in [0.15, 0.2) is 34.7 Å². The van der Waals surface area contributed by atoms with Crippen molar-refractivity contribution in [3.05, 3.63) is 27.8 Å². The van der Waals surface area contributed by atoms with Crippen LogP contribution in [0, 0.1) is 23.7 Å². The number of likely N-dealkylation sites (tertiary alicyclic amines) is 1. The van der Waals surface area contributed by atoms with Gasteiger partial charge in [0.25, 0.3) is 0 Å². The summed E-state index contributed by atoms with van der Waals surface area (Å²) in [7, 11) is 3.10. The SMILES string of the molecule is CC1CCCN1Cc1cc(O)c2c(c1Cl)CC1CC3C(N(C)C)C(=O)C(C(N)=O)C(=O)C3(O)C(=O)C1C2=O. The molecule has 7 unspecified atom stereocenters. The average Bonchev–Trinajstić information content (AvgIpc) is 3.23. The Morgan fingerprint density at radius 2 is 1.92 bits per heavy atom. The third-order valence-corrected chi connectivity index (χ3v) is 9.60. The maximum absolute atomic E-state index is 13.8. The summed E-state index contributed by atoms with van der Waals surface area (Å²) < 4.78 is 0. The normalized spacial score (nSPS) is 35.3. The molecule has 4 N–H and O–H groups in total. The summed E-state index contributed by atoms with van der Waals surface area (Å²) >= 11 is 6.81. The standard InChI is InChI=1S/C27H32ClN3O7/c1-11-5-4-6-31(11)10-13-9-16(32)18-14(20(13)28)7-12-8-15-21(30(2)3)23(34)19(26(29)37)25(36)27(15,38)24(35)17(12)22(18)33/h9,11-12,15,17,19,21,32,38H,4-8,10H2,1-3H3,(H2,29,37). The van der Waals surface area contributed by atoms with E-state index in [1.54, 1.807) is 14.1 Å². The van der Waals surface area contributed by atoms with E-state index in [4.69, 9.17) is 17.3 Å². The first-order valence-corrected chi connectivity index (χ1v) is 13.3. The maximum Gasteiger partial charge on any atom is 0.235 e. The number of ketones is 4. The van der Waals surface area contributed by atoms with Crippen LogP contribution in [0.2, 0.25) is 5.02 Å². The molecule has 0 radical (unpaired) electrons. The zero-order chi connectivity index (χ0) is 27.8. The minimum absolute atomic E-state index is 0.00558. The highest BCUT2D eigenvalue weighted by Gasteiger charge is 2.69. The molecule has 0 bridgehead atoms. The monoisotopic (exact) mass is 545 g/mol. The van der Waals surface area contributed by atoms with Crippen molar-refractivity contribution in [1.82, 2.24) is 9.80 Å². The molecule has 1 aromatic rings. The number of Topliss-reactive ketones (excluding diaryl/α,β-unsaturated/α-hetero) is 4. The van der Waals surface area contributed by atoms with Gasteiger partial charge in [0.1, 0.15) is 5.75 Å². The molecule has 3 aliphatic carbocycles. The summed E-state index contributed by atoms with van der Waals surface area (Å²) in [6, 6.07) is 0.672. The van der Waals surface area contributed by atoms with Gasteiger partial charge in [-0.25, -0.2) is 0 Å². The summed E-state index contributed by atoms with van der Waals surface area (Å²) in [5.41, 5.74) is 3.63. The van der Waals surface area contributed by atoms with Crippen molar-refractivity contribution in [3.63, 3.8) is 0 Å². The van der Waals surface area contributed by atoms with E-state index in [0.29, 0.717) is 28.7 Å².